The first-order valence-electron chi connectivity index (χ1n) is 10.1. The average molecular weight is 459 g/mol. The molecule has 0 radical (unpaired) electrons. The number of benzene rings is 2. The van der Waals surface area contributed by atoms with E-state index in [1.54, 1.807) is 24.3 Å². The summed E-state index contributed by atoms with van der Waals surface area (Å²) < 4.78 is 21.0. The number of ether oxygens (including phenoxy) is 1. The largest absolute Gasteiger partial charge is 0.376 e. The van der Waals surface area contributed by atoms with E-state index in [9.17, 15) is 18.8 Å². The van der Waals surface area contributed by atoms with Crippen molar-refractivity contribution in [2.45, 2.75) is 25.5 Å². The molecule has 1 fully saturated rings. The van der Waals surface area contributed by atoms with Crippen LogP contribution in [-0.2, 0) is 11.3 Å². The molecule has 4 rings (SSSR count). The molecule has 0 aliphatic carbocycles. The van der Waals surface area contributed by atoms with Crippen LogP contribution in [0.25, 0.3) is 5.69 Å². The van der Waals surface area contributed by atoms with Crippen LogP contribution in [0.4, 0.5) is 4.39 Å². The van der Waals surface area contributed by atoms with E-state index in [0.717, 1.165) is 28.2 Å². The lowest BCUT2D eigenvalue weighted by Gasteiger charge is -2.14. The number of hydrogen-bond acceptors (Lipinski definition) is 5. The molecule has 1 amide bonds. The number of amides is 1. The highest BCUT2D eigenvalue weighted by Gasteiger charge is 2.23. The smallest absolute Gasteiger partial charge is 0.352 e. The first-order valence-corrected chi connectivity index (χ1v) is 10.4. The number of halogens is 2. The molecule has 1 aliphatic heterocycles. The highest BCUT2D eigenvalue weighted by atomic mass is 35.5. The zero-order valence-electron chi connectivity index (χ0n) is 17.0. The highest BCUT2D eigenvalue weighted by molar-refractivity contribution is 6.31. The molecule has 32 heavy (non-hydrogen) atoms. The predicted octanol–water partition coefficient (Wildman–Crippen LogP) is 2.14. The molecule has 3 aromatic rings. The summed E-state index contributed by atoms with van der Waals surface area (Å²) in [5, 5.41) is 6.97. The normalized spacial score (nSPS) is 15.6. The van der Waals surface area contributed by atoms with Gasteiger partial charge in [-0.3, -0.25) is 14.2 Å². The maximum atomic E-state index is 13.8. The fraction of sp³-hybridized carbons (Fsp3) is 0.273. The van der Waals surface area contributed by atoms with Crippen molar-refractivity contribution in [3.8, 4) is 5.69 Å². The molecule has 0 bridgehead atoms. The van der Waals surface area contributed by atoms with Crippen molar-refractivity contribution < 1.29 is 13.9 Å². The van der Waals surface area contributed by atoms with Gasteiger partial charge in [0.15, 0.2) is 0 Å². The van der Waals surface area contributed by atoms with Gasteiger partial charge >= 0.3 is 5.69 Å². The number of carbonyl (C=O) groups excluding carboxylic acids is 1. The average Bonchev–Trinajstić information content (AvgIpc) is 3.30. The molecule has 1 saturated heterocycles. The third-order valence-corrected chi connectivity index (χ3v) is 5.50. The third kappa shape index (κ3) is 4.63. The second-order valence-electron chi connectivity index (χ2n) is 7.35. The maximum absolute atomic E-state index is 13.8. The Balaban J connectivity index is 1.79. The molecule has 1 N–H and O–H groups in total. The van der Waals surface area contributed by atoms with Crippen LogP contribution in [0.15, 0.2) is 58.1 Å². The second kappa shape index (κ2) is 9.46. The van der Waals surface area contributed by atoms with E-state index in [1.165, 1.54) is 18.2 Å². The van der Waals surface area contributed by atoms with Crippen LogP contribution >= 0.6 is 11.6 Å². The molecule has 0 unspecified atom stereocenters. The Morgan fingerprint density at radius 3 is 2.75 bits per heavy atom. The van der Waals surface area contributed by atoms with Crippen molar-refractivity contribution in [1.82, 2.24) is 19.7 Å². The van der Waals surface area contributed by atoms with E-state index >= 15 is 0 Å². The first kappa shape index (κ1) is 21.9. The number of nitrogens with one attached hydrogen (secondary N) is 1. The SMILES string of the molecule is O=C(NC[C@H]1CCCO1)c1nn(-c2cccc(F)c2)c(=O)n(Cc2ccccc2Cl)c1=O. The Kier molecular flexibility index (Phi) is 6.48. The standard InChI is InChI=1S/C22H20ClFN4O4/c23-18-9-2-1-5-14(18)13-27-21(30)19(20(29)25-12-17-8-4-10-32-17)26-28(22(27)31)16-7-3-6-15(24)11-16/h1-3,5-7,9,11,17H,4,8,10,12-13H2,(H,25,29)/t17-/m1/s1. The maximum Gasteiger partial charge on any atom is 0.352 e. The summed E-state index contributed by atoms with van der Waals surface area (Å²) >= 11 is 6.20. The quantitative estimate of drug-likeness (QED) is 0.610. The summed E-state index contributed by atoms with van der Waals surface area (Å²) in [5.41, 5.74) is -1.59. The molecule has 8 nitrogen and oxygen atoms in total. The predicted molar refractivity (Wildman–Crippen MR) is 116 cm³/mol. The van der Waals surface area contributed by atoms with Crippen LogP contribution in [-0.4, -0.2) is 39.5 Å². The van der Waals surface area contributed by atoms with Gasteiger partial charge in [-0.05, 0) is 42.7 Å². The van der Waals surface area contributed by atoms with Crippen LogP contribution in [0.5, 0.6) is 0 Å². The summed E-state index contributed by atoms with van der Waals surface area (Å²) in [6, 6.07) is 11.9. The van der Waals surface area contributed by atoms with Gasteiger partial charge < -0.3 is 10.1 Å². The minimum atomic E-state index is -0.868. The van der Waals surface area contributed by atoms with Crippen LogP contribution in [0.2, 0.25) is 5.02 Å². The fourth-order valence-corrected chi connectivity index (χ4v) is 3.66. The number of hydrogen-bond donors (Lipinski definition) is 1. The second-order valence-corrected chi connectivity index (χ2v) is 7.76. The van der Waals surface area contributed by atoms with Crippen LogP contribution in [0.3, 0.4) is 0 Å². The Morgan fingerprint density at radius 2 is 2.03 bits per heavy atom. The van der Waals surface area contributed by atoms with Crippen molar-refractivity contribution in [1.29, 1.82) is 0 Å². The van der Waals surface area contributed by atoms with Gasteiger partial charge in [-0.25, -0.2) is 9.18 Å². The van der Waals surface area contributed by atoms with Crippen LogP contribution in [0, 0.1) is 5.82 Å². The monoisotopic (exact) mass is 458 g/mol. The number of rotatable bonds is 6. The highest BCUT2D eigenvalue weighted by Crippen LogP contribution is 2.15. The zero-order chi connectivity index (χ0) is 22.7. The minimum Gasteiger partial charge on any atom is -0.376 e. The van der Waals surface area contributed by atoms with E-state index in [-0.39, 0.29) is 24.9 Å². The number of aromatic nitrogens is 3. The molecule has 2 heterocycles. The van der Waals surface area contributed by atoms with E-state index < -0.39 is 28.7 Å². The van der Waals surface area contributed by atoms with Crippen LogP contribution in [0.1, 0.15) is 28.9 Å². The van der Waals surface area contributed by atoms with E-state index in [2.05, 4.69) is 10.4 Å². The van der Waals surface area contributed by atoms with Crippen molar-refractivity contribution in [3.63, 3.8) is 0 Å². The number of carbonyl (C=O) groups is 1. The molecule has 1 aromatic heterocycles. The van der Waals surface area contributed by atoms with Gasteiger partial charge in [0.05, 0.1) is 18.3 Å². The lowest BCUT2D eigenvalue weighted by atomic mass is 10.2. The molecular formula is C22H20ClFN4O4. The summed E-state index contributed by atoms with van der Waals surface area (Å²) in [4.78, 5) is 39.0. The molecule has 10 heteroatoms. The zero-order valence-corrected chi connectivity index (χ0v) is 17.7. The molecular weight excluding hydrogens is 439 g/mol. The van der Waals surface area contributed by atoms with Gasteiger partial charge in [0.1, 0.15) is 5.82 Å². The minimum absolute atomic E-state index is 0.0797. The summed E-state index contributed by atoms with van der Waals surface area (Å²) in [6.07, 6.45) is 1.56. The van der Waals surface area contributed by atoms with Crippen molar-refractivity contribution in [2.75, 3.05) is 13.2 Å². The van der Waals surface area contributed by atoms with Crippen LogP contribution < -0.4 is 16.6 Å². The van der Waals surface area contributed by atoms with E-state index in [1.807, 2.05) is 0 Å². The molecule has 2 aromatic carbocycles. The van der Waals surface area contributed by atoms with Crippen molar-refractivity contribution >= 4 is 17.5 Å². The Bertz CT molecular complexity index is 1270. The van der Waals surface area contributed by atoms with Gasteiger partial charge in [-0.15, -0.1) is 0 Å². The Hall–Kier alpha value is -3.30. The Labute approximate surface area is 187 Å². The lowest BCUT2D eigenvalue weighted by molar-refractivity contribution is 0.0849. The lowest BCUT2D eigenvalue weighted by Crippen LogP contribution is -2.46. The van der Waals surface area contributed by atoms with Crippen molar-refractivity contribution in [3.05, 3.63) is 91.5 Å². The number of nitrogens with zero attached hydrogens (tertiary/aromatic N) is 3. The third-order valence-electron chi connectivity index (χ3n) is 5.13. The molecule has 1 atom stereocenters. The first-order chi connectivity index (χ1) is 15.4. The molecule has 0 spiro atoms. The van der Waals surface area contributed by atoms with Gasteiger partial charge in [0, 0.05) is 18.2 Å². The fourth-order valence-electron chi connectivity index (χ4n) is 3.47. The summed E-state index contributed by atoms with van der Waals surface area (Å²) in [6.45, 7) is 0.651. The molecule has 0 saturated carbocycles. The molecule has 166 valence electrons. The van der Waals surface area contributed by atoms with Gasteiger partial charge in [0.2, 0.25) is 5.69 Å². The van der Waals surface area contributed by atoms with Gasteiger partial charge in [-0.1, -0.05) is 35.9 Å². The topological polar surface area (TPSA) is 95.2 Å². The Morgan fingerprint density at radius 1 is 1.22 bits per heavy atom. The summed E-state index contributed by atoms with van der Waals surface area (Å²) in [5.74, 6) is -1.34. The molecule has 1 aliphatic rings. The van der Waals surface area contributed by atoms with E-state index in [0.29, 0.717) is 17.2 Å². The van der Waals surface area contributed by atoms with Gasteiger partial charge in [-0.2, -0.15) is 9.78 Å². The van der Waals surface area contributed by atoms with Crippen molar-refractivity contribution in [2.24, 2.45) is 0 Å². The summed E-state index contributed by atoms with van der Waals surface area (Å²) in [7, 11) is 0. The van der Waals surface area contributed by atoms with Gasteiger partial charge in [0.25, 0.3) is 11.5 Å². The van der Waals surface area contributed by atoms with E-state index in [4.69, 9.17) is 16.3 Å².